The number of carbonyl (C=O) groups is 1. The molecule has 1 N–H and O–H groups in total. The van der Waals surface area contributed by atoms with Gasteiger partial charge in [-0.25, -0.2) is 8.42 Å². The van der Waals surface area contributed by atoms with Crippen LogP contribution in [0.25, 0.3) is 0 Å². The Morgan fingerprint density at radius 2 is 2.09 bits per heavy atom. The van der Waals surface area contributed by atoms with Crippen molar-refractivity contribution >= 4 is 45.7 Å². The lowest BCUT2D eigenvalue weighted by atomic mass is 9.98. The zero-order valence-corrected chi connectivity index (χ0v) is 17.2. The molecular weight excluding hydrogens is 433 g/mol. The normalized spacial score (nSPS) is 19.0. The van der Waals surface area contributed by atoms with Gasteiger partial charge in [-0.15, -0.1) is 24.0 Å². The van der Waals surface area contributed by atoms with Crippen molar-refractivity contribution in [2.45, 2.75) is 26.7 Å². The zero-order valence-electron chi connectivity index (χ0n) is 14.1. The number of rotatable bonds is 6. The number of sulfone groups is 1. The number of aliphatic imine (C=N–C) groups is 1. The number of nitrogens with one attached hydrogen (secondary N) is 1. The van der Waals surface area contributed by atoms with Crippen molar-refractivity contribution < 1.29 is 17.9 Å². The number of hydrogen-bond donors (Lipinski definition) is 1. The number of piperidine rings is 1. The summed E-state index contributed by atoms with van der Waals surface area (Å²) in [5, 5.41) is 3.07. The van der Waals surface area contributed by atoms with Gasteiger partial charge in [-0.3, -0.25) is 9.79 Å². The van der Waals surface area contributed by atoms with Gasteiger partial charge in [0, 0.05) is 32.4 Å². The predicted octanol–water partition coefficient (Wildman–Crippen LogP) is 0.890. The van der Waals surface area contributed by atoms with Crippen molar-refractivity contribution in [1.82, 2.24) is 10.2 Å². The summed E-state index contributed by atoms with van der Waals surface area (Å²) in [5.74, 6) is 0.544. The number of nitrogens with zero attached hydrogens (tertiary/aromatic N) is 2. The van der Waals surface area contributed by atoms with Gasteiger partial charge in [-0.1, -0.05) is 6.92 Å². The molecule has 1 heterocycles. The van der Waals surface area contributed by atoms with Crippen LogP contribution in [0.5, 0.6) is 0 Å². The molecule has 1 rings (SSSR count). The molecule has 7 nitrogen and oxygen atoms in total. The van der Waals surface area contributed by atoms with Crippen LogP contribution >= 0.6 is 24.0 Å². The van der Waals surface area contributed by atoms with Crippen LogP contribution in [-0.4, -0.2) is 70.0 Å². The molecule has 0 aromatic carbocycles. The number of ether oxygens (including phenoxy) is 1. The second kappa shape index (κ2) is 11.1. The maximum atomic E-state index is 11.9. The topological polar surface area (TPSA) is 88.1 Å². The van der Waals surface area contributed by atoms with Crippen molar-refractivity contribution in [3.63, 3.8) is 0 Å². The first-order chi connectivity index (χ1) is 10.4. The van der Waals surface area contributed by atoms with E-state index in [1.54, 1.807) is 20.9 Å². The van der Waals surface area contributed by atoms with Gasteiger partial charge in [-0.05, 0) is 19.8 Å². The third kappa shape index (κ3) is 7.69. The monoisotopic (exact) mass is 461 g/mol. The summed E-state index contributed by atoms with van der Waals surface area (Å²) in [6, 6.07) is 0. The molecule has 136 valence electrons. The summed E-state index contributed by atoms with van der Waals surface area (Å²) in [5.41, 5.74) is 0. The highest BCUT2D eigenvalue weighted by atomic mass is 127. The van der Waals surface area contributed by atoms with Crippen molar-refractivity contribution in [1.29, 1.82) is 0 Å². The molecule has 0 radical (unpaired) electrons. The van der Waals surface area contributed by atoms with E-state index in [-0.39, 0.29) is 47.4 Å². The van der Waals surface area contributed by atoms with Crippen LogP contribution in [-0.2, 0) is 19.4 Å². The molecular formula is C14H28IN3O4S. The van der Waals surface area contributed by atoms with Gasteiger partial charge < -0.3 is 15.0 Å². The maximum absolute atomic E-state index is 11.9. The van der Waals surface area contributed by atoms with Crippen LogP contribution in [0.4, 0.5) is 0 Å². The molecule has 1 unspecified atom stereocenters. The lowest BCUT2D eigenvalue weighted by molar-refractivity contribution is -0.149. The van der Waals surface area contributed by atoms with Gasteiger partial charge >= 0.3 is 5.97 Å². The number of guanidine groups is 1. The van der Waals surface area contributed by atoms with E-state index in [0.29, 0.717) is 25.7 Å². The lowest BCUT2D eigenvalue weighted by Crippen LogP contribution is -2.49. The minimum absolute atomic E-state index is 0. The zero-order chi connectivity index (χ0) is 16.6. The summed E-state index contributed by atoms with van der Waals surface area (Å²) in [4.78, 5) is 18.0. The highest BCUT2D eigenvalue weighted by molar-refractivity contribution is 14.0. The predicted molar refractivity (Wildman–Crippen MR) is 102 cm³/mol. The average Bonchev–Trinajstić information content (AvgIpc) is 2.52. The Kier molecular flexibility index (Phi) is 10.8. The Morgan fingerprint density at radius 3 is 2.65 bits per heavy atom. The van der Waals surface area contributed by atoms with E-state index in [1.165, 1.54) is 0 Å². The van der Waals surface area contributed by atoms with Gasteiger partial charge in [0.1, 0.15) is 0 Å². The van der Waals surface area contributed by atoms with Crippen molar-refractivity contribution in [2.75, 3.05) is 44.8 Å². The second-order valence-corrected chi connectivity index (χ2v) is 7.72. The number of hydrogen-bond acceptors (Lipinski definition) is 5. The first kappa shape index (κ1) is 22.4. The first-order valence-electron chi connectivity index (χ1n) is 7.76. The van der Waals surface area contributed by atoms with Gasteiger partial charge in [0.15, 0.2) is 15.8 Å². The van der Waals surface area contributed by atoms with E-state index < -0.39 is 9.84 Å². The molecule has 1 aliphatic rings. The van der Waals surface area contributed by atoms with E-state index in [4.69, 9.17) is 4.74 Å². The van der Waals surface area contributed by atoms with Crippen molar-refractivity contribution in [3.8, 4) is 0 Å². The fourth-order valence-electron chi connectivity index (χ4n) is 2.42. The molecule has 0 saturated carbocycles. The number of halogens is 1. The molecule has 0 aromatic rings. The highest BCUT2D eigenvalue weighted by Gasteiger charge is 2.28. The van der Waals surface area contributed by atoms with E-state index >= 15 is 0 Å². The van der Waals surface area contributed by atoms with Gasteiger partial charge in [0.25, 0.3) is 0 Å². The molecule has 1 aliphatic heterocycles. The quantitative estimate of drug-likeness (QED) is 0.274. The van der Waals surface area contributed by atoms with Crippen molar-refractivity contribution in [2.24, 2.45) is 10.9 Å². The summed E-state index contributed by atoms with van der Waals surface area (Å²) >= 11 is 0. The number of likely N-dealkylation sites (tertiary alicyclic amines) is 1. The van der Waals surface area contributed by atoms with Crippen LogP contribution in [0, 0.1) is 5.92 Å². The number of carbonyl (C=O) groups excluding carboxylic acids is 1. The van der Waals surface area contributed by atoms with Crippen LogP contribution < -0.4 is 5.32 Å². The Balaban J connectivity index is 0.00000484. The Morgan fingerprint density at radius 1 is 1.39 bits per heavy atom. The highest BCUT2D eigenvalue weighted by Crippen LogP contribution is 2.18. The molecule has 23 heavy (non-hydrogen) atoms. The summed E-state index contributed by atoms with van der Waals surface area (Å²) < 4.78 is 28.1. The Labute approximate surface area is 156 Å². The molecule has 1 atom stereocenters. The Hall–Kier alpha value is -0.580. The average molecular weight is 461 g/mol. The third-order valence-electron chi connectivity index (χ3n) is 3.69. The summed E-state index contributed by atoms with van der Waals surface area (Å²) in [6.07, 6.45) is 1.70. The summed E-state index contributed by atoms with van der Waals surface area (Å²) in [7, 11) is -1.34. The Bertz CT molecular complexity index is 496. The minimum Gasteiger partial charge on any atom is -0.466 e. The van der Waals surface area contributed by atoms with Crippen molar-refractivity contribution in [3.05, 3.63) is 0 Å². The standard InChI is InChI=1S/C14H27N3O4S.HI/c1-4-21-13(18)12-7-6-9-17(11-12)14(15-3)16-8-10-22(19,20)5-2;/h12H,4-11H2,1-3H3,(H,15,16);1H. The molecule has 0 amide bonds. The minimum atomic E-state index is -3.00. The van der Waals surface area contributed by atoms with E-state index in [1.807, 2.05) is 4.90 Å². The first-order valence-corrected chi connectivity index (χ1v) is 9.58. The second-order valence-electron chi connectivity index (χ2n) is 5.25. The molecule has 0 spiro atoms. The lowest BCUT2D eigenvalue weighted by Gasteiger charge is -2.33. The SMILES string of the molecule is CCOC(=O)C1CCCN(C(=NC)NCCS(=O)(=O)CC)C1.I. The summed E-state index contributed by atoms with van der Waals surface area (Å²) in [6.45, 7) is 5.50. The molecule has 0 aliphatic carbocycles. The smallest absolute Gasteiger partial charge is 0.310 e. The number of esters is 1. The fraction of sp³-hybridized carbons (Fsp3) is 0.857. The fourth-order valence-corrected chi connectivity index (χ4v) is 3.12. The van der Waals surface area contributed by atoms with E-state index in [0.717, 1.165) is 19.4 Å². The van der Waals surface area contributed by atoms with E-state index in [2.05, 4.69) is 10.3 Å². The maximum Gasteiger partial charge on any atom is 0.310 e. The van der Waals surface area contributed by atoms with Gasteiger partial charge in [0.05, 0.1) is 18.3 Å². The molecule has 1 fully saturated rings. The van der Waals surface area contributed by atoms with Gasteiger partial charge in [-0.2, -0.15) is 0 Å². The van der Waals surface area contributed by atoms with Crippen LogP contribution in [0.2, 0.25) is 0 Å². The van der Waals surface area contributed by atoms with Crippen LogP contribution in [0.3, 0.4) is 0 Å². The van der Waals surface area contributed by atoms with Gasteiger partial charge in [0.2, 0.25) is 0 Å². The van der Waals surface area contributed by atoms with E-state index in [9.17, 15) is 13.2 Å². The molecule has 1 saturated heterocycles. The largest absolute Gasteiger partial charge is 0.466 e. The van der Waals surface area contributed by atoms with Crippen LogP contribution in [0.1, 0.15) is 26.7 Å². The molecule has 9 heteroatoms. The third-order valence-corrected chi connectivity index (χ3v) is 5.39. The van der Waals surface area contributed by atoms with Crippen LogP contribution in [0.15, 0.2) is 4.99 Å². The molecule has 0 aromatic heterocycles. The molecule has 0 bridgehead atoms.